The number of aliphatic hydroxyl groups excluding tert-OH is 1. The summed E-state index contributed by atoms with van der Waals surface area (Å²) in [5, 5.41) is 16.8. The Balaban J connectivity index is 1.77. The molecule has 14 heavy (non-hydrogen) atoms. The van der Waals surface area contributed by atoms with Crippen molar-refractivity contribution in [2.24, 2.45) is 17.8 Å². The molecule has 1 heterocycles. The number of rotatable bonds is 2. The second-order valence-electron chi connectivity index (χ2n) is 4.82. The first-order valence-corrected chi connectivity index (χ1v) is 5.51. The van der Waals surface area contributed by atoms with Crippen molar-refractivity contribution in [3.8, 4) is 0 Å². The largest absolute Gasteiger partial charge is 0.388 e. The van der Waals surface area contributed by atoms with Crippen LogP contribution >= 0.6 is 0 Å². The average molecular weight is 192 g/mol. The normalized spacial score (nSPS) is 37.6. The van der Waals surface area contributed by atoms with Crippen LogP contribution in [-0.4, -0.2) is 15.3 Å². The minimum atomic E-state index is -0.288. The van der Waals surface area contributed by atoms with E-state index in [1.165, 1.54) is 25.7 Å². The third-order valence-electron chi connectivity index (χ3n) is 4.06. The van der Waals surface area contributed by atoms with Crippen molar-refractivity contribution in [1.29, 1.82) is 0 Å². The molecule has 2 fully saturated rings. The van der Waals surface area contributed by atoms with E-state index in [0.717, 1.165) is 17.4 Å². The topological polar surface area (TPSA) is 48.9 Å². The quantitative estimate of drug-likeness (QED) is 0.751. The number of aromatic amines is 1. The maximum Gasteiger partial charge on any atom is 0.0851 e. The van der Waals surface area contributed by atoms with Gasteiger partial charge in [0.25, 0.3) is 0 Å². The van der Waals surface area contributed by atoms with Gasteiger partial charge < -0.3 is 5.11 Å². The summed E-state index contributed by atoms with van der Waals surface area (Å²) in [5.74, 6) is 2.16. The Morgan fingerprint density at radius 2 is 2.36 bits per heavy atom. The summed E-state index contributed by atoms with van der Waals surface area (Å²) < 4.78 is 0. The molecule has 4 atom stereocenters. The number of aliphatic hydroxyl groups is 1. The molecule has 2 saturated carbocycles. The molecule has 3 nitrogen and oxygen atoms in total. The van der Waals surface area contributed by atoms with Crippen molar-refractivity contribution < 1.29 is 5.11 Å². The zero-order chi connectivity index (χ0) is 9.54. The Bertz CT molecular complexity index is 309. The molecular formula is C11H16N2O. The predicted molar refractivity (Wildman–Crippen MR) is 52.5 cm³/mol. The van der Waals surface area contributed by atoms with Crippen LogP contribution in [0.4, 0.5) is 0 Å². The van der Waals surface area contributed by atoms with Gasteiger partial charge in [-0.05, 0) is 37.0 Å². The molecule has 0 aliphatic heterocycles. The van der Waals surface area contributed by atoms with E-state index in [0.29, 0.717) is 5.92 Å². The highest BCUT2D eigenvalue weighted by Crippen LogP contribution is 2.52. The van der Waals surface area contributed by atoms with Crippen LogP contribution in [0.15, 0.2) is 12.4 Å². The van der Waals surface area contributed by atoms with E-state index in [4.69, 9.17) is 0 Å². The van der Waals surface area contributed by atoms with Crippen LogP contribution in [0.1, 0.15) is 37.4 Å². The molecule has 4 unspecified atom stereocenters. The Morgan fingerprint density at radius 1 is 1.43 bits per heavy atom. The summed E-state index contributed by atoms with van der Waals surface area (Å²) in [4.78, 5) is 0. The average Bonchev–Trinajstić information content (AvgIpc) is 2.93. The maximum atomic E-state index is 10.2. The lowest BCUT2D eigenvalue weighted by Gasteiger charge is -2.25. The molecule has 76 valence electrons. The number of fused-ring (bicyclic) bond motifs is 2. The molecular weight excluding hydrogens is 176 g/mol. The number of nitrogens with one attached hydrogen (secondary N) is 1. The van der Waals surface area contributed by atoms with E-state index >= 15 is 0 Å². The smallest absolute Gasteiger partial charge is 0.0851 e. The third-order valence-corrected chi connectivity index (χ3v) is 4.06. The fraction of sp³-hybridized carbons (Fsp3) is 0.727. The summed E-state index contributed by atoms with van der Waals surface area (Å²) >= 11 is 0. The van der Waals surface area contributed by atoms with E-state index in [2.05, 4.69) is 10.2 Å². The summed E-state index contributed by atoms with van der Waals surface area (Å²) in [6.07, 6.45) is 8.55. The molecule has 3 heteroatoms. The number of hydrogen-bond donors (Lipinski definition) is 2. The van der Waals surface area contributed by atoms with Gasteiger partial charge in [-0.15, -0.1) is 0 Å². The molecule has 1 aromatic heterocycles. The van der Waals surface area contributed by atoms with Crippen molar-refractivity contribution in [1.82, 2.24) is 10.2 Å². The van der Waals surface area contributed by atoms with Gasteiger partial charge in [-0.2, -0.15) is 5.10 Å². The van der Waals surface area contributed by atoms with Crippen LogP contribution in [0.3, 0.4) is 0 Å². The molecule has 0 aromatic carbocycles. The van der Waals surface area contributed by atoms with Crippen molar-refractivity contribution >= 4 is 0 Å². The summed E-state index contributed by atoms with van der Waals surface area (Å²) in [6, 6.07) is 0. The second kappa shape index (κ2) is 3.09. The van der Waals surface area contributed by atoms with Crippen LogP contribution in [0, 0.1) is 17.8 Å². The van der Waals surface area contributed by atoms with Crippen LogP contribution in [0.5, 0.6) is 0 Å². The predicted octanol–water partition coefficient (Wildman–Crippen LogP) is 1.88. The summed E-state index contributed by atoms with van der Waals surface area (Å²) in [6.45, 7) is 0. The van der Waals surface area contributed by atoms with Crippen LogP contribution in [-0.2, 0) is 0 Å². The highest BCUT2D eigenvalue weighted by atomic mass is 16.3. The summed E-state index contributed by atoms with van der Waals surface area (Å²) in [5.41, 5.74) is 0.961. The van der Waals surface area contributed by atoms with Gasteiger partial charge in [0.2, 0.25) is 0 Å². The number of H-pyrrole nitrogens is 1. The van der Waals surface area contributed by atoms with E-state index in [-0.39, 0.29) is 6.10 Å². The number of nitrogens with zero attached hydrogens (tertiary/aromatic N) is 1. The highest BCUT2D eigenvalue weighted by molar-refractivity contribution is 5.10. The Morgan fingerprint density at radius 3 is 2.93 bits per heavy atom. The molecule has 2 aliphatic carbocycles. The van der Waals surface area contributed by atoms with E-state index in [1.807, 2.05) is 6.20 Å². The van der Waals surface area contributed by atoms with Gasteiger partial charge >= 0.3 is 0 Å². The molecule has 0 amide bonds. The van der Waals surface area contributed by atoms with Crippen molar-refractivity contribution in [3.63, 3.8) is 0 Å². The molecule has 0 spiro atoms. The van der Waals surface area contributed by atoms with Gasteiger partial charge in [0, 0.05) is 11.8 Å². The van der Waals surface area contributed by atoms with E-state index in [9.17, 15) is 5.11 Å². The van der Waals surface area contributed by atoms with E-state index < -0.39 is 0 Å². The van der Waals surface area contributed by atoms with Crippen LogP contribution in [0.2, 0.25) is 0 Å². The van der Waals surface area contributed by atoms with Crippen LogP contribution < -0.4 is 0 Å². The van der Waals surface area contributed by atoms with Gasteiger partial charge in [0.1, 0.15) is 0 Å². The van der Waals surface area contributed by atoms with Crippen LogP contribution in [0.25, 0.3) is 0 Å². The first-order valence-electron chi connectivity index (χ1n) is 5.51. The monoisotopic (exact) mass is 192 g/mol. The SMILES string of the molecule is OC(c1cn[nH]c1)C1CC2CCC1C2. The molecule has 1 aromatic rings. The zero-order valence-corrected chi connectivity index (χ0v) is 8.19. The van der Waals surface area contributed by atoms with Crippen molar-refractivity contribution in [2.45, 2.75) is 31.8 Å². The van der Waals surface area contributed by atoms with Crippen molar-refractivity contribution in [2.75, 3.05) is 0 Å². The molecule has 2 bridgehead atoms. The Kier molecular flexibility index (Phi) is 1.87. The first kappa shape index (κ1) is 8.48. The minimum Gasteiger partial charge on any atom is -0.388 e. The number of aromatic nitrogens is 2. The lowest BCUT2D eigenvalue weighted by Crippen LogP contribution is -2.18. The fourth-order valence-corrected chi connectivity index (χ4v) is 3.35. The molecule has 3 rings (SSSR count). The standard InChI is InChI=1S/C11H16N2O/c14-11(9-5-12-13-6-9)10-4-7-1-2-8(10)3-7/h5-8,10-11,14H,1-4H2,(H,12,13). The van der Waals surface area contributed by atoms with Gasteiger partial charge in [-0.3, -0.25) is 5.10 Å². The fourth-order valence-electron chi connectivity index (χ4n) is 3.35. The van der Waals surface area contributed by atoms with Crippen molar-refractivity contribution in [3.05, 3.63) is 18.0 Å². The molecule has 0 radical (unpaired) electrons. The van der Waals surface area contributed by atoms with E-state index in [1.54, 1.807) is 6.20 Å². The van der Waals surface area contributed by atoms with Gasteiger partial charge in [-0.25, -0.2) is 0 Å². The zero-order valence-electron chi connectivity index (χ0n) is 8.19. The molecule has 2 aliphatic rings. The highest BCUT2D eigenvalue weighted by Gasteiger charge is 2.43. The Labute approximate surface area is 83.5 Å². The Hall–Kier alpha value is -0.830. The van der Waals surface area contributed by atoms with Gasteiger partial charge in [-0.1, -0.05) is 6.42 Å². The lowest BCUT2D eigenvalue weighted by molar-refractivity contribution is 0.0745. The third kappa shape index (κ3) is 1.19. The number of hydrogen-bond acceptors (Lipinski definition) is 2. The molecule has 2 N–H and O–H groups in total. The second-order valence-corrected chi connectivity index (χ2v) is 4.82. The van der Waals surface area contributed by atoms with Gasteiger partial charge in [0.15, 0.2) is 0 Å². The minimum absolute atomic E-state index is 0.288. The summed E-state index contributed by atoms with van der Waals surface area (Å²) in [7, 11) is 0. The first-order chi connectivity index (χ1) is 6.84. The maximum absolute atomic E-state index is 10.2. The molecule has 0 saturated heterocycles. The van der Waals surface area contributed by atoms with Gasteiger partial charge in [0.05, 0.1) is 12.3 Å². The lowest BCUT2D eigenvalue weighted by atomic mass is 9.83.